The van der Waals surface area contributed by atoms with Crippen molar-refractivity contribution in [2.24, 2.45) is 0 Å². The molecule has 0 saturated carbocycles. The number of pyridine rings is 1. The van der Waals surface area contributed by atoms with Crippen LogP contribution in [-0.2, 0) is 0 Å². The largest absolute Gasteiger partial charge is 0.296 e. The van der Waals surface area contributed by atoms with Crippen LogP contribution in [0.4, 0.5) is 0 Å². The van der Waals surface area contributed by atoms with Crippen molar-refractivity contribution in [3.05, 3.63) is 45.8 Å². The van der Waals surface area contributed by atoms with Crippen LogP contribution in [0, 0.1) is 13.8 Å². The lowest BCUT2D eigenvalue weighted by Gasteiger charge is -2.08. The van der Waals surface area contributed by atoms with Crippen LogP contribution in [0.3, 0.4) is 0 Å². The highest BCUT2D eigenvalue weighted by atomic mass is 79.9. The first-order valence-electron chi connectivity index (χ1n) is 4.90. The minimum absolute atomic E-state index is 0.600. The summed E-state index contributed by atoms with van der Waals surface area (Å²) in [6, 6.07) is 7.54. The van der Waals surface area contributed by atoms with Crippen molar-refractivity contribution < 1.29 is 4.79 Å². The number of rotatable bonds is 2. The monoisotopic (exact) mass is 278 g/mol. The van der Waals surface area contributed by atoms with Crippen LogP contribution in [0.2, 0.25) is 0 Å². The number of hydrogen-bond acceptors (Lipinski definition) is 2. The molecule has 0 fully saturated rings. The Morgan fingerprint density at radius 2 is 2.12 bits per heavy atom. The third-order valence-electron chi connectivity index (χ3n) is 2.44. The van der Waals surface area contributed by atoms with Gasteiger partial charge in [0.25, 0.3) is 0 Å². The Labute approximate surface area is 102 Å². The Morgan fingerprint density at radius 3 is 2.75 bits per heavy atom. The molecule has 0 aliphatic heterocycles. The summed E-state index contributed by atoms with van der Waals surface area (Å²) < 4.78 is 2.75. The fourth-order valence-corrected chi connectivity index (χ4v) is 2.06. The molecule has 2 aromatic heterocycles. The third kappa shape index (κ3) is 1.80. The predicted molar refractivity (Wildman–Crippen MR) is 66.1 cm³/mol. The maximum Gasteiger partial charge on any atom is 0.166 e. The van der Waals surface area contributed by atoms with E-state index in [0.29, 0.717) is 5.69 Å². The standard InChI is InChI=1S/C12H11BrN2O/c1-8-4-3-5-12(14-8)15-9(2)11(13)6-10(15)7-16/h3-7H,1-2H3. The Bertz CT molecular complexity index is 546. The number of hydrogen-bond donors (Lipinski definition) is 0. The molecule has 0 radical (unpaired) electrons. The molecule has 0 amide bonds. The lowest BCUT2D eigenvalue weighted by Crippen LogP contribution is -2.04. The van der Waals surface area contributed by atoms with Crippen LogP contribution < -0.4 is 0 Å². The molecule has 0 unspecified atom stereocenters. The van der Waals surface area contributed by atoms with Crippen molar-refractivity contribution in [1.82, 2.24) is 9.55 Å². The lowest BCUT2D eigenvalue weighted by atomic mass is 10.3. The van der Waals surface area contributed by atoms with E-state index in [-0.39, 0.29) is 0 Å². The summed E-state index contributed by atoms with van der Waals surface area (Å²) in [6.45, 7) is 3.87. The van der Waals surface area contributed by atoms with Gasteiger partial charge in [0.2, 0.25) is 0 Å². The Hall–Kier alpha value is -1.42. The molecule has 0 atom stereocenters. The van der Waals surface area contributed by atoms with E-state index < -0.39 is 0 Å². The summed E-state index contributed by atoms with van der Waals surface area (Å²) in [5, 5.41) is 0. The molecule has 3 nitrogen and oxygen atoms in total. The van der Waals surface area contributed by atoms with Gasteiger partial charge in [-0.1, -0.05) is 6.07 Å². The molecule has 4 heteroatoms. The van der Waals surface area contributed by atoms with Crippen LogP contribution in [0.25, 0.3) is 5.82 Å². The smallest absolute Gasteiger partial charge is 0.166 e. The van der Waals surface area contributed by atoms with E-state index in [1.165, 1.54) is 0 Å². The van der Waals surface area contributed by atoms with E-state index in [4.69, 9.17) is 0 Å². The second-order valence-corrected chi connectivity index (χ2v) is 4.45. The highest BCUT2D eigenvalue weighted by molar-refractivity contribution is 9.10. The highest BCUT2D eigenvalue weighted by Gasteiger charge is 2.11. The second kappa shape index (κ2) is 4.22. The van der Waals surface area contributed by atoms with Gasteiger partial charge < -0.3 is 0 Å². The van der Waals surface area contributed by atoms with Crippen molar-refractivity contribution in [2.75, 3.05) is 0 Å². The maximum atomic E-state index is 11.0. The average molecular weight is 279 g/mol. The normalized spacial score (nSPS) is 10.4. The van der Waals surface area contributed by atoms with Gasteiger partial charge in [-0.2, -0.15) is 0 Å². The molecular weight excluding hydrogens is 268 g/mol. The molecule has 0 bridgehead atoms. The van der Waals surface area contributed by atoms with E-state index >= 15 is 0 Å². The quantitative estimate of drug-likeness (QED) is 0.792. The molecule has 0 aliphatic rings. The molecule has 2 heterocycles. The number of aldehydes is 1. The first-order chi connectivity index (χ1) is 7.63. The first-order valence-corrected chi connectivity index (χ1v) is 5.70. The van der Waals surface area contributed by atoms with Gasteiger partial charge in [-0.3, -0.25) is 9.36 Å². The van der Waals surface area contributed by atoms with E-state index in [1.54, 1.807) is 6.07 Å². The van der Waals surface area contributed by atoms with Crippen molar-refractivity contribution in [1.29, 1.82) is 0 Å². The van der Waals surface area contributed by atoms with Gasteiger partial charge in [0.15, 0.2) is 6.29 Å². The summed E-state index contributed by atoms with van der Waals surface area (Å²) >= 11 is 3.42. The predicted octanol–water partition coefficient (Wildman–Crippen LogP) is 3.06. The number of aryl methyl sites for hydroxylation is 1. The Kier molecular flexibility index (Phi) is 2.92. The van der Waals surface area contributed by atoms with Gasteiger partial charge in [-0.05, 0) is 48.0 Å². The van der Waals surface area contributed by atoms with E-state index in [0.717, 1.165) is 28.0 Å². The third-order valence-corrected chi connectivity index (χ3v) is 3.24. The van der Waals surface area contributed by atoms with E-state index in [2.05, 4.69) is 20.9 Å². The van der Waals surface area contributed by atoms with Gasteiger partial charge in [0, 0.05) is 15.9 Å². The van der Waals surface area contributed by atoms with Crippen molar-refractivity contribution in [3.63, 3.8) is 0 Å². The zero-order chi connectivity index (χ0) is 11.7. The van der Waals surface area contributed by atoms with Crippen LogP contribution in [0.15, 0.2) is 28.7 Å². The Balaban J connectivity index is 2.67. The van der Waals surface area contributed by atoms with Gasteiger partial charge in [0.1, 0.15) is 5.82 Å². The zero-order valence-electron chi connectivity index (χ0n) is 9.07. The summed E-state index contributed by atoms with van der Waals surface area (Å²) in [5.74, 6) is 0.769. The molecule has 0 aromatic carbocycles. The Morgan fingerprint density at radius 1 is 1.38 bits per heavy atom. The summed E-state index contributed by atoms with van der Waals surface area (Å²) in [7, 11) is 0. The van der Waals surface area contributed by atoms with E-state index in [9.17, 15) is 4.79 Å². The van der Waals surface area contributed by atoms with Gasteiger partial charge in [0.05, 0.1) is 5.69 Å². The zero-order valence-corrected chi connectivity index (χ0v) is 10.7. The van der Waals surface area contributed by atoms with Gasteiger partial charge >= 0.3 is 0 Å². The van der Waals surface area contributed by atoms with E-state index in [1.807, 2.05) is 36.6 Å². The molecule has 0 saturated heterocycles. The lowest BCUT2D eigenvalue weighted by molar-refractivity contribution is 0.111. The van der Waals surface area contributed by atoms with Crippen molar-refractivity contribution in [2.45, 2.75) is 13.8 Å². The van der Waals surface area contributed by atoms with Crippen LogP contribution >= 0.6 is 15.9 Å². The number of carbonyl (C=O) groups is 1. The molecule has 0 spiro atoms. The van der Waals surface area contributed by atoms with Gasteiger partial charge in [-0.15, -0.1) is 0 Å². The fraction of sp³-hybridized carbons (Fsp3) is 0.167. The minimum Gasteiger partial charge on any atom is -0.296 e. The van der Waals surface area contributed by atoms with Crippen LogP contribution in [0.1, 0.15) is 21.9 Å². The topological polar surface area (TPSA) is 34.9 Å². The van der Waals surface area contributed by atoms with Crippen LogP contribution in [-0.4, -0.2) is 15.8 Å². The molecule has 16 heavy (non-hydrogen) atoms. The SMILES string of the molecule is Cc1cccc(-n2c(C=O)cc(Br)c2C)n1. The molecule has 0 aliphatic carbocycles. The number of carbonyl (C=O) groups excluding carboxylic acids is 1. The number of aromatic nitrogens is 2. The first kappa shape index (κ1) is 11.1. The number of halogens is 1. The molecule has 2 rings (SSSR count). The molecular formula is C12H11BrN2O. The fourth-order valence-electron chi connectivity index (χ4n) is 1.64. The van der Waals surface area contributed by atoms with Crippen molar-refractivity contribution in [3.8, 4) is 5.82 Å². The molecule has 82 valence electrons. The minimum atomic E-state index is 0.600. The second-order valence-electron chi connectivity index (χ2n) is 3.59. The van der Waals surface area contributed by atoms with Gasteiger partial charge in [-0.25, -0.2) is 4.98 Å². The summed E-state index contributed by atoms with van der Waals surface area (Å²) in [5.41, 5.74) is 2.50. The average Bonchev–Trinajstić information content (AvgIpc) is 2.55. The number of nitrogens with zero attached hydrogens (tertiary/aromatic N) is 2. The van der Waals surface area contributed by atoms with Crippen molar-refractivity contribution >= 4 is 22.2 Å². The maximum absolute atomic E-state index is 11.0. The molecule has 2 aromatic rings. The summed E-state index contributed by atoms with van der Waals surface area (Å²) in [4.78, 5) is 15.4. The van der Waals surface area contributed by atoms with Crippen LogP contribution in [0.5, 0.6) is 0 Å². The molecule has 0 N–H and O–H groups in total. The summed E-state index contributed by atoms with van der Waals surface area (Å²) in [6.07, 6.45) is 0.835. The highest BCUT2D eigenvalue weighted by Crippen LogP contribution is 2.23.